The van der Waals surface area contributed by atoms with Gasteiger partial charge in [0.25, 0.3) is 0 Å². The van der Waals surface area contributed by atoms with E-state index in [1.165, 1.54) is 54.6 Å². The SMILES string of the molecule is O=[N+]([O-])c1cccc([SiH2][O][V](=[O])([O][SiH2]c2cccc([N+](=O)[O-])c2)[O][SiH2]c2cccc([N+](=O)[O-])c2)c1. The van der Waals surface area contributed by atoms with Crippen molar-refractivity contribution in [1.29, 1.82) is 0 Å². The van der Waals surface area contributed by atoms with Crippen LogP contribution in [0.4, 0.5) is 17.1 Å². The molecule has 0 aliphatic heterocycles. The van der Waals surface area contributed by atoms with E-state index in [0.29, 0.717) is 15.6 Å². The molecule has 0 radical (unpaired) electrons. The summed E-state index contributed by atoms with van der Waals surface area (Å²) in [6, 6.07) is 17.2. The maximum atomic E-state index is 13.5. The minimum atomic E-state index is -4.92. The maximum absolute atomic E-state index is 13.5. The van der Waals surface area contributed by atoms with E-state index in [-0.39, 0.29) is 17.1 Å². The molecule has 0 unspecified atom stereocenters. The normalized spacial score (nSPS) is 13.6. The van der Waals surface area contributed by atoms with E-state index in [0.717, 1.165) is 0 Å². The van der Waals surface area contributed by atoms with Crippen LogP contribution >= 0.6 is 0 Å². The third-order valence-corrected chi connectivity index (χ3v) is 14.4. The van der Waals surface area contributed by atoms with Crippen LogP contribution in [0.2, 0.25) is 0 Å². The van der Waals surface area contributed by atoms with Crippen molar-refractivity contribution in [3.8, 4) is 0 Å². The standard InChI is InChI=1S/3C6H6NO3Si.O.V/c3*8-7(9)5-2-1-3-6(4-5)11-10;;/h3*1-4H,11H2;;/q3*-1;;+3. The second kappa shape index (κ2) is 12.0. The molecule has 0 aliphatic carbocycles. The monoisotopic (exact) mass is 571 g/mol. The zero-order valence-corrected chi connectivity index (χ0v) is 23.6. The van der Waals surface area contributed by atoms with E-state index in [9.17, 15) is 34.0 Å². The number of benzene rings is 3. The zero-order valence-electron chi connectivity index (χ0n) is 17.9. The van der Waals surface area contributed by atoms with Crippen molar-refractivity contribution < 1.29 is 43.5 Å². The fraction of sp³-hybridized carbons (Fsp3) is 0. The molecule has 3 aromatic carbocycles. The first kappa shape index (κ1) is 26.4. The van der Waals surface area contributed by atoms with Crippen LogP contribution in [0, 0.1) is 30.3 Å². The average Bonchev–Trinajstić information content (AvgIpc) is 2.86. The first-order valence-electron chi connectivity index (χ1n) is 9.89. The van der Waals surface area contributed by atoms with Gasteiger partial charge in [0, 0.05) is 0 Å². The summed E-state index contributed by atoms with van der Waals surface area (Å²) < 4.78 is 30.4. The summed E-state index contributed by atoms with van der Waals surface area (Å²) in [4.78, 5) is 31.4. The molecular weight excluding hydrogens is 553 g/mol. The molecule has 0 aromatic heterocycles. The Morgan fingerprint density at radius 2 is 0.857 bits per heavy atom. The van der Waals surface area contributed by atoms with E-state index >= 15 is 0 Å². The fourth-order valence-electron chi connectivity index (χ4n) is 2.85. The van der Waals surface area contributed by atoms with Crippen LogP contribution in [0.25, 0.3) is 0 Å². The fourth-order valence-corrected chi connectivity index (χ4v) is 13.7. The molecule has 0 atom stereocenters. The summed E-state index contributed by atoms with van der Waals surface area (Å²) in [5, 5.41) is 34.6. The van der Waals surface area contributed by atoms with Gasteiger partial charge in [-0.2, -0.15) is 0 Å². The Labute approximate surface area is 208 Å². The molecular formula is C18H18N3O10Si3V. The molecule has 0 saturated carbocycles. The van der Waals surface area contributed by atoms with Gasteiger partial charge in [-0.25, -0.2) is 0 Å². The third kappa shape index (κ3) is 7.91. The van der Waals surface area contributed by atoms with Crippen LogP contribution < -0.4 is 15.6 Å². The van der Waals surface area contributed by atoms with Gasteiger partial charge >= 0.3 is 209 Å². The van der Waals surface area contributed by atoms with E-state index in [2.05, 4.69) is 0 Å². The molecule has 0 amide bonds. The summed E-state index contributed by atoms with van der Waals surface area (Å²) >= 11 is -4.92. The van der Waals surface area contributed by atoms with Crippen molar-refractivity contribution in [3.63, 3.8) is 0 Å². The van der Waals surface area contributed by atoms with Gasteiger partial charge in [0.1, 0.15) is 0 Å². The molecule has 35 heavy (non-hydrogen) atoms. The van der Waals surface area contributed by atoms with E-state index in [4.69, 9.17) is 10.1 Å². The van der Waals surface area contributed by atoms with Gasteiger partial charge in [-0.15, -0.1) is 0 Å². The van der Waals surface area contributed by atoms with Gasteiger partial charge in [0.2, 0.25) is 0 Å². The van der Waals surface area contributed by atoms with Crippen molar-refractivity contribution in [2.24, 2.45) is 0 Å². The average molecular weight is 572 g/mol. The Bertz CT molecular complexity index is 1160. The summed E-state index contributed by atoms with van der Waals surface area (Å²) in [6.45, 7) is 0. The van der Waals surface area contributed by atoms with Crippen LogP contribution in [-0.2, 0) is 28.8 Å². The number of non-ortho nitro benzene ring substituents is 3. The number of nitro benzene ring substituents is 3. The van der Waals surface area contributed by atoms with Crippen LogP contribution in [0.5, 0.6) is 0 Å². The Morgan fingerprint density at radius 3 is 1.11 bits per heavy atom. The van der Waals surface area contributed by atoms with Gasteiger partial charge < -0.3 is 0 Å². The molecule has 0 fully saturated rings. The van der Waals surface area contributed by atoms with Crippen molar-refractivity contribution in [3.05, 3.63) is 103 Å². The van der Waals surface area contributed by atoms with Gasteiger partial charge in [-0.3, -0.25) is 0 Å². The van der Waals surface area contributed by atoms with Gasteiger partial charge in [-0.1, -0.05) is 0 Å². The predicted octanol–water partition coefficient (Wildman–Crippen LogP) is -0.767. The van der Waals surface area contributed by atoms with Crippen molar-refractivity contribution >= 4 is 61.9 Å². The van der Waals surface area contributed by atoms with Crippen molar-refractivity contribution in [2.45, 2.75) is 0 Å². The number of hydrogen-bond acceptors (Lipinski definition) is 10. The summed E-state index contributed by atoms with van der Waals surface area (Å²) in [5.41, 5.74) is -0.418. The molecule has 182 valence electrons. The van der Waals surface area contributed by atoms with Crippen molar-refractivity contribution in [2.75, 3.05) is 0 Å². The second-order valence-corrected chi connectivity index (χ2v) is 16.2. The van der Waals surface area contributed by atoms with E-state index in [1.807, 2.05) is 0 Å². The Hall–Kier alpha value is -3.22. The van der Waals surface area contributed by atoms with Gasteiger partial charge in [0.15, 0.2) is 0 Å². The molecule has 3 aromatic rings. The summed E-state index contributed by atoms with van der Waals surface area (Å²) in [6.07, 6.45) is 0. The first-order chi connectivity index (χ1) is 16.6. The molecule has 3 rings (SSSR count). The zero-order chi connectivity index (χ0) is 25.4. The predicted molar refractivity (Wildman–Crippen MR) is 128 cm³/mol. The summed E-state index contributed by atoms with van der Waals surface area (Å²) in [7, 11) is -5.32. The first-order valence-corrected chi connectivity index (χ1v) is 16.0. The topological polar surface area (TPSA) is 174 Å². The second-order valence-electron chi connectivity index (χ2n) is 7.05. The molecule has 0 spiro atoms. The van der Waals surface area contributed by atoms with Gasteiger partial charge in [-0.05, 0) is 0 Å². The number of nitro groups is 3. The molecule has 0 aliphatic rings. The number of hydrogen-bond donors (Lipinski definition) is 0. The quantitative estimate of drug-likeness (QED) is 0.153. The number of rotatable bonds is 12. The molecule has 0 bridgehead atoms. The Balaban J connectivity index is 1.77. The van der Waals surface area contributed by atoms with Crippen LogP contribution in [0.3, 0.4) is 0 Å². The van der Waals surface area contributed by atoms with Gasteiger partial charge in [0.05, 0.1) is 0 Å². The summed E-state index contributed by atoms with van der Waals surface area (Å²) in [5.74, 6) is 0. The van der Waals surface area contributed by atoms with E-state index in [1.54, 1.807) is 18.2 Å². The number of nitrogens with zero attached hydrogens (tertiary/aromatic N) is 3. The van der Waals surface area contributed by atoms with Crippen molar-refractivity contribution in [1.82, 2.24) is 0 Å². The Morgan fingerprint density at radius 1 is 0.571 bits per heavy atom. The molecule has 0 saturated heterocycles. The third-order valence-electron chi connectivity index (χ3n) is 4.53. The molecule has 0 N–H and O–H groups in total. The molecule has 13 nitrogen and oxygen atoms in total. The Kier molecular flexibility index (Phi) is 9.01. The molecule has 0 heterocycles. The van der Waals surface area contributed by atoms with Crippen LogP contribution in [-0.4, -0.2) is 44.1 Å². The molecule has 17 heteroatoms. The minimum absolute atomic E-state index is 0.139. The van der Waals surface area contributed by atoms with Crippen LogP contribution in [0.1, 0.15) is 0 Å². The van der Waals surface area contributed by atoms with E-state index < -0.39 is 59.1 Å². The van der Waals surface area contributed by atoms with Crippen LogP contribution in [0.15, 0.2) is 72.8 Å².